The molecule has 0 atom stereocenters. The summed E-state index contributed by atoms with van der Waals surface area (Å²) in [6, 6.07) is 5.91. The lowest BCUT2D eigenvalue weighted by molar-refractivity contribution is 0.355. The number of hydrogen-bond donors (Lipinski definition) is 2. The molecule has 0 aliphatic heterocycles. The van der Waals surface area contributed by atoms with E-state index in [1.54, 1.807) is 26.0 Å². The lowest BCUT2D eigenvalue weighted by Crippen LogP contribution is -2.05. The van der Waals surface area contributed by atoms with Gasteiger partial charge >= 0.3 is 0 Å². The fourth-order valence-electron chi connectivity index (χ4n) is 2.68. The van der Waals surface area contributed by atoms with Crippen LogP contribution in [0.3, 0.4) is 0 Å². The fraction of sp³-hybridized carbons (Fsp3) is 0.222. The molecule has 0 radical (unpaired) electrons. The molecule has 128 valence electrons. The minimum Gasteiger partial charge on any atom is -0.508 e. The summed E-state index contributed by atoms with van der Waals surface area (Å²) >= 11 is 0. The number of aromatic hydroxyl groups is 2. The van der Waals surface area contributed by atoms with Crippen LogP contribution >= 0.6 is 0 Å². The van der Waals surface area contributed by atoms with Crippen molar-refractivity contribution in [2.45, 2.75) is 26.7 Å². The van der Waals surface area contributed by atoms with Crippen LogP contribution in [0.25, 0.3) is 11.1 Å². The molecular weight excluding hydrogens is 324 g/mol. The van der Waals surface area contributed by atoms with Crippen LogP contribution in [0, 0.1) is 23.3 Å². The van der Waals surface area contributed by atoms with E-state index < -0.39 is 34.6 Å². The van der Waals surface area contributed by atoms with Crippen molar-refractivity contribution in [1.29, 1.82) is 0 Å². The minimum absolute atomic E-state index is 0.0198. The molecule has 0 saturated carbocycles. The van der Waals surface area contributed by atoms with Crippen molar-refractivity contribution in [3.05, 3.63) is 58.7 Å². The summed E-state index contributed by atoms with van der Waals surface area (Å²) in [5, 5.41) is 18.5. The molecule has 2 N–H and O–H groups in total. The maximum Gasteiger partial charge on any atom is 0.204 e. The molecule has 2 nitrogen and oxygen atoms in total. The highest BCUT2D eigenvalue weighted by Crippen LogP contribution is 2.38. The van der Waals surface area contributed by atoms with Gasteiger partial charge in [0, 0.05) is 0 Å². The van der Waals surface area contributed by atoms with E-state index in [2.05, 4.69) is 0 Å². The lowest BCUT2D eigenvalue weighted by atomic mass is 9.90. The van der Waals surface area contributed by atoms with Gasteiger partial charge in [-0.15, -0.1) is 0 Å². The van der Waals surface area contributed by atoms with Crippen LogP contribution in [0.2, 0.25) is 0 Å². The Morgan fingerprint density at radius 1 is 0.750 bits per heavy atom. The number of halogens is 4. The summed E-state index contributed by atoms with van der Waals surface area (Å²) in [6.45, 7) is 3.34. The Bertz CT molecular complexity index is 767. The van der Waals surface area contributed by atoms with Gasteiger partial charge in [0.25, 0.3) is 0 Å². The summed E-state index contributed by atoms with van der Waals surface area (Å²) in [5.74, 6) is -8.56. The minimum atomic E-state index is -1.82. The first-order valence-electron chi connectivity index (χ1n) is 7.40. The topological polar surface area (TPSA) is 40.5 Å². The van der Waals surface area contributed by atoms with Crippen molar-refractivity contribution in [3.63, 3.8) is 0 Å². The summed E-state index contributed by atoms with van der Waals surface area (Å²) in [5.41, 5.74) is 0.325. The average molecular weight is 340 g/mol. The standard InChI is InChI=1S/C18H16F4O2/c1-3-11(9-5-7-10(23)8-6-9)12(4-2)13-14(19)16(21)18(24)17(22)15(13)20/h5-8,23-24H,3-4H2,1-2H3. The molecule has 24 heavy (non-hydrogen) atoms. The molecule has 0 bridgehead atoms. The SMILES string of the molecule is CCC(=C(CC)c1c(F)c(F)c(O)c(F)c1F)c1ccc(O)cc1. The molecule has 0 aliphatic rings. The number of phenols is 2. The number of benzene rings is 2. The van der Waals surface area contributed by atoms with Gasteiger partial charge in [0.2, 0.25) is 11.6 Å². The van der Waals surface area contributed by atoms with Crippen molar-refractivity contribution in [2.24, 2.45) is 0 Å². The third-order valence-corrected chi connectivity index (χ3v) is 3.83. The van der Waals surface area contributed by atoms with Gasteiger partial charge in [-0.25, -0.2) is 8.78 Å². The van der Waals surface area contributed by atoms with Crippen molar-refractivity contribution >= 4 is 11.1 Å². The van der Waals surface area contributed by atoms with Crippen molar-refractivity contribution in [2.75, 3.05) is 0 Å². The molecule has 2 aromatic rings. The van der Waals surface area contributed by atoms with E-state index in [4.69, 9.17) is 5.11 Å². The van der Waals surface area contributed by atoms with Crippen molar-refractivity contribution < 1.29 is 27.8 Å². The van der Waals surface area contributed by atoms with Gasteiger partial charge in [-0.3, -0.25) is 0 Å². The highest BCUT2D eigenvalue weighted by atomic mass is 19.2. The Morgan fingerprint density at radius 2 is 1.21 bits per heavy atom. The Balaban J connectivity index is 2.81. The maximum absolute atomic E-state index is 14.2. The van der Waals surface area contributed by atoms with Crippen LogP contribution in [0.4, 0.5) is 17.6 Å². The first-order chi connectivity index (χ1) is 11.3. The lowest BCUT2D eigenvalue weighted by Gasteiger charge is -2.16. The van der Waals surface area contributed by atoms with Gasteiger partial charge in [0.15, 0.2) is 17.4 Å². The molecule has 0 heterocycles. The van der Waals surface area contributed by atoms with E-state index >= 15 is 0 Å². The largest absolute Gasteiger partial charge is 0.508 e. The molecule has 0 fully saturated rings. The van der Waals surface area contributed by atoms with Crippen molar-refractivity contribution in [1.82, 2.24) is 0 Å². The van der Waals surface area contributed by atoms with E-state index in [0.29, 0.717) is 17.6 Å². The Morgan fingerprint density at radius 3 is 1.62 bits per heavy atom. The zero-order valence-corrected chi connectivity index (χ0v) is 13.1. The zero-order valence-electron chi connectivity index (χ0n) is 13.1. The maximum atomic E-state index is 14.2. The number of allylic oxidation sites excluding steroid dienone is 2. The van der Waals surface area contributed by atoms with Gasteiger partial charge in [-0.05, 0) is 41.7 Å². The average Bonchev–Trinajstić information content (AvgIpc) is 2.59. The summed E-state index contributed by atoms with van der Waals surface area (Å²) in [6.07, 6.45) is 0.457. The first-order valence-corrected chi connectivity index (χ1v) is 7.40. The van der Waals surface area contributed by atoms with Crippen LogP contribution in [0.5, 0.6) is 11.5 Å². The monoisotopic (exact) mass is 340 g/mol. The predicted molar refractivity (Wildman–Crippen MR) is 83.4 cm³/mol. The molecule has 0 amide bonds. The molecule has 6 heteroatoms. The molecule has 0 aromatic heterocycles. The molecule has 0 spiro atoms. The van der Waals surface area contributed by atoms with Crippen LogP contribution in [0.1, 0.15) is 37.8 Å². The first kappa shape index (κ1) is 17.8. The second-order valence-corrected chi connectivity index (χ2v) is 5.19. The highest BCUT2D eigenvalue weighted by Gasteiger charge is 2.28. The van der Waals surface area contributed by atoms with Gasteiger partial charge in [0.1, 0.15) is 5.75 Å². The van der Waals surface area contributed by atoms with E-state index in [9.17, 15) is 22.7 Å². The number of rotatable bonds is 4. The van der Waals surface area contributed by atoms with Crippen LogP contribution in [-0.4, -0.2) is 10.2 Å². The third-order valence-electron chi connectivity index (χ3n) is 3.83. The number of hydrogen-bond acceptors (Lipinski definition) is 2. The van der Waals surface area contributed by atoms with Crippen LogP contribution < -0.4 is 0 Å². The second-order valence-electron chi connectivity index (χ2n) is 5.19. The Labute approximate surface area is 136 Å². The van der Waals surface area contributed by atoms with E-state index in [0.717, 1.165) is 0 Å². The quantitative estimate of drug-likeness (QED) is 0.445. The van der Waals surface area contributed by atoms with Crippen LogP contribution in [-0.2, 0) is 0 Å². The van der Waals surface area contributed by atoms with E-state index in [1.807, 2.05) is 0 Å². The fourth-order valence-corrected chi connectivity index (χ4v) is 2.68. The summed E-state index contributed by atoms with van der Waals surface area (Å²) in [4.78, 5) is 0. The molecule has 0 aliphatic carbocycles. The van der Waals surface area contributed by atoms with E-state index in [1.165, 1.54) is 12.1 Å². The van der Waals surface area contributed by atoms with E-state index in [-0.39, 0.29) is 17.7 Å². The van der Waals surface area contributed by atoms with Gasteiger partial charge < -0.3 is 10.2 Å². The normalized spacial score (nSPS) is 12.2. The molecule has 2 rings (SSSR count). The zero-order chi connectivity index (χ0) is 18.0. The van der Waals surface area contributed by atoms with Crippen molar-refractivity contribution in [3.8, 4) is 11.5 Å². The van der Waals surface area contributed by atoms with Gasteiger partial charge in [0.05, 0.1) is 5.56 Å². The Kier molecular flexibility index (Phi) is 5.17. The highest BCUT2D eigenvalue weighted by molar-refractivity contribution is 5.91. The predicted octanol–water partition coefficient (Wildman–Crippen LogP) is 5.39. The smallest absolute Gasteiger partial charge is 0.204 e. The van der Waals surface area contributed by atoms with Gasteiger partial charge in [-0.1, -0.05) is 26.0 Å². The Hall–Kier alpha value is -2.50. The molecule has 0 saturated heterocycles. The molecule has 0 unspecified atom stereocenters. The van der Waals surface area contributed by atoms with Crippen LogP contribution in [0.15, 0.2) is 24.3 Å². The van der Waals surface area contributed by atoms with Gasteiger partial charge in [-0.2, -0.15) is 8.78 Å². The summed E-state index contributed by atoms with van der Waals surface area (Å²) < 4.78 is 55.7. The third kappa shape index (κ3) is 2.96. The number of phenolic OH excluding ortho intramolecular Hbond substituents is 2. The molecular formula is C18H16F4O2. The molecule has 2 aromatic carbocycles. The second kappa shape index (κ2) is 6.95. The summed E-state index contributed by atoms with van der Waals surface area (Å²) in [7, 11) is 0.